The van der Waals surface area contributed by atoms with Gasteiger partial charge in [0.1, 0.15) is 11.4 Å². The molecular formula is C25H26F2N6O2S. The van der Waals surface area contributed by atoms with Gasteiger partial charge in [0.25, 0.3) is 6.43 Å². The van der Waals surface area contributed by atoms with Crippen molar-refractivity contribution in [3.05, 3.63) is 58.6 Å². The Kier molecular flexibility index (Phi) is 9.19. The van der Waals surface area contributed by atoms with Gasteiger partial charge >= 0.3 is 0 Å². The second-order valence-electron chi connectivity index (χ2n) is 7.52. The first kappa shape index (κ1) is 26.4. The second-order valence-corrected chi connectivity index (χ2v) is 8.58. The van der Waals surface area contributed by atoms with Crippen LogP contribution in [-0.2, 0) is 0 Å². The van der Waals surface area contributed by atoms with E-state index in [1.165, 1.54) is 62.0 Å². The Morgan fingerprint density at radius 2 is 2.03 bits per heavy atom. The van der Waals surface area contributed by atoms with Gasteiger partial charge < -0.3 is 16.2 Å². The summed E-state index contributed by atoms with van der Waals surface area (Å²) in [5.41, 5.74) is 12.5. The molecule has 0 aromatic carbocycles. The number of pyridine rings is 2. The van der Waals surface area contributed by atoms with Gasteiger partial charge in [-0.05, 0) is 36.6 Å². The van der Waals surface area contributed by atoms with Crippen molar-refractivity contribution in [2.45, 2.75) is 19.3 Å². The summed E-state index contributed by atoms with van der Waals surface area (Å²) < 4.78 is 31.2. The number of alkyl halides is 2. The van der Waals surface area contributed by atoms with Gasteiger partial charge in [0.2, 0.25) is 0 Å². The molecule has 0 saturated heterocycles. The van der Waals surface area contributed by atoms with Crippen LogP contribution in [0.3, 0.4) is 0 Å². The van der Waals surface area contributed by atoms with Gasteiger partial charge in [-0.3, -0.25) is 19.8 Å². The molecule has 3 aromatic rings. The largest absolute Gasteiger partial charge is 0.494 e. The minimum Gasteiger partial charge on any atom is -0.494 e. The average Bonchev–Trinajstić information content (AvgIpc) is 3.64. The van der Waals surface area contributed by atoms with Crippen molar-refractivity contribution in [3.63, 3.8) is 0 Å². The molecule has 4 rings (SSSR count). The van der Waals surface area contributed by atoms with E-state index in [1.54, 1.807) is 19.3 Å². The first-order valence-corrected chi connectivity index (χ1v) is 11.6. The van der Waals surface area contributed by atoms with E-state index in [1.807, 2.05) is 0 Å². The maximum absolute atomic E-state index is 13.0. The van der Waals surface area contributed by atoms with Crippen molar-refractivity contribution in [2.24, 2.45) is 16.6 Å². The molecule has 1 aliphatic carbocycles. The van der Waals surface area contributed by atoms with Gasteiger partial charge in [0.05, 0.1) is 35.8 Å². The van der Waals surface area contributed by atoms with E-state index in [0.717, 1.165) is 4.88 Å². The Labute approximate surface area is 212 Å². The van der Waals surface area contributed by atoms with E-state index in [2.05, 4.69) is 31.8 Å². The number of hydrogen-bond donors (Lipinski definition) is 2. The molecule has 0 bridgehead atoms. The average molecular weight is 513 g/mol. The Hall–Kier alpha value is -4.17. The van der Waals surface area contributed by atoms with Crippen LogP contribution in [0.4, 0.5) is 13.9 Å². The number of nitrogens with zero attached hydrogens (tertiary/aromatic N) is 4. The molecule has 0 atom stereocenters. The molecule has 0 amide bonds. The fraction of sp³-hybridized carbons (Fsp3) is 0.240. The number of carbonyl (C=O) groups is 1. The van der Waals surface area contributed by atoms with E-state index in [-0.39, 0.29) is 12.7 Å². The van der Waals surface area contributed by atoms with Gasteiger partial charge in [0.15, 0.2) is 11.4 Å². The number of nitrogens with two attached hydrogens (primary N) is 2. The van der Waals surface area contributed by atoms with Crippen molar-refractivity contribution in [1.82, 2.24) is 15.0 Å². The van der Waals surface area contributed by atoms with Crippen molar-refractivity contribution in [2.75, 3.05) is 19.9 Å². The molecule has 0 spiro atoms. The molecule has 11 heteroatoms. The summed E-state index contributed by atoms with van der Waals surface area (Å²) in [6.07, 6.45) is 7.64. The highest BCUT2D eigenvalue weighted by Gasteiger charge is 2.18. The van der Waals surface area contributed by atoms with Gasteiger partial charge in [-0.1, -0.05) is 23.2 Å². The minimum atomic E-state index is -2.75. The highest BCUT2D eigenvalue weighted by molar-refractivity contribution is 7.15. The van der Waals surface area contributed by atoms with Crippen LogP contribution in [0.2, 0.25) is 0 Å². The van der Waals surface area contributed by atoms with Crippen molar-refractivity contribution >= 4 is 34.7 Å². The molecule has 3 heterocycles. The molecule has 1 saturated carbocycles. The molecule has 0 unspecified atom stereocenters. The lowest BCUT2D eigenvalue weighted by molar-refractivity contribution is 0.112. The van der Waals surface area contributed by atoms with Crippen LogP contribution in [-0.4, -0.2) is 41.6 Å². The number of aromatic nitrogens is 3. The first-order valence-electron chi connectivity index (χ1n) is 10.7. The van der Waals surface area contributed by atoms with Crippen molar-refractivity contribution < 1.29 is 19.7 Å². The van der Waals surface area contributed by atoms with Crippen LogP contribution in [0.5, 0.6) is 5.75 Å². The number of halogens is 2. The van der Waals surface area contributed by atoms with Gasteiger partial charge in [-0.2, -0.15) is 0 Å². The maximum Gasteiger partial charge on any atom is 0.280 e. The Morgan fingerprint density at radius 1 is 1.25 bits per heavy atom. The predicted octanol–water partition coefficient (Wildman–Crippen LogP) is 4.64. The SMILES string of the molecule is CN=C/C=C(\N)c1cc(-c2cc(C(F)F)ncc2OC)c(C=O)cn1.Nc1ncc(C#CC2CC2)s1.[HH]. The van der Waals surface area contributed by atoms with Crippen LogP contribution >= 0.6 is 11.3 Å². The number of rotatable bonds is 6. The predicted molar refractivity (Wildman–Crippen MR) is 139 cm³/mol. The number of nitrogen functional groups attached to an aromatic ring is 1. The summed E-state index contributed by atoms with van der Waals surface area (Å²) in [7, 11) is 2.98. The molecular weight excluding hydrogens is 486 g/mol. The van der Waals surface area contributed by atoms with Crippen LogP contribution in [0, 0.1) is 17.8 Å². The van der Waals surface area contributed by atoms with Crippen LogP contribution in [0.1, 0.15) is 47.3 Å². The van der Waals surface area contributed by atoms with Crippen molar-refractivity contribution in [3.8, 4) is 28.7 Å². The molecule has 1 fully saturated rings. The summed E-state index contributed by atoms with van der Waals surface area (Å²) in [5.74, 6) is 7.11. The number of allylic oxidation sites excluding steroid dienone is 1. The first-order chi connectivity index (χ1) is 17.4. The molecule has 4 N–H and O–H groups in total. The number of aldehydes is 1. The van der Waals surface area contributed by atoms with E-state index in [0.29, 0.717) is 39.9 Å². The lowest BCUT2D eigenvalue weighted by Crippen LogP contribution is -2.03. The van der Waals surface area contributed by atoms with Gasteiger partial charge in [-0.25, -0.2) is 13.8 Å². The van der Waals surface area contributed by atoms with Crippen molar-refractivity contribution in [1.29, 1.82) is 0 Å². The van der Waals surface area contributed by atoms with E-state index in [9.17, 15) is 13.6 Å². The fourth-order valence-corrected chi connectivity index (χ4v) is 3.44. The van der Waals surface area contributed by atoms with Gasteiger partial charge in [0, 0.05) is 37.9 Å². The second kappa shape index (κ2) is 12.5. The number of methoxy groups -OCH3 is 1. The summed E-state index contributed by atoms with van der Waals surface area (Å²) in [6, 6.07) is 2.72. The topological polar surface area (TPSA) is 129 Å². The number of aliphatic imine (C=N–C) groups is 1. The highest BCUT2D eigenvalue weighted by Crippen LogP contribution is 2.34. The fourth-order valence-electron chi connectivity index (χ4n) is 2.89. The molecule has 188 valence electrons. The minimum absolute atomic E-state index is 0. The Morgan fingerprint density at radius 3 is 2.61 bits per heavy atom. The normalized spacial score (nSPS) is 13.1. The maximum atomic E-state index is 13.0. The lowest BCUT2D eigenvalue weighted by Gasteiger charge is -2.13. The highest BCUT2D eigenvalue weighted by atomic mass is 32.1. The smallest absolute Gasteiger partial charge is 0.280 e. The number of hydrogen-bond acceptors (Lipinski definition) is 9. The van der Waals surface area contributed by atoms with E-state index >= 15 is 0 Å². The zero-order chi connectivity index (χ0) is 26.1. The zero-order valence-corrected chi connectivity index (χ0v) is 20.4. The third-order valence-electron chi connectivity index (χ3n) is 4.88. The van der Waals surface area contributed by atoms with Crippen LogP contribution in [0.25, 0.3) is 16.8 Å². The molecule has 1 aliphatic rings. The van der Waals surface area contributed by atoms with Gasteiger partial charge in [-0.15, -0.1) is 0 Å². The standard InChI is InChI=1S/C17H16F2N4O2.C8H8N2S.H2/c1-21-4-3-13(20)14-5-11(10(9-24)7-22-14)12-6-15(17(18)19)23-8-16(12)25-2;9-8-10-5-7(11-8)4-3-6-1-2-6;/h3-9,17H,20H2,1-2H3;5-6H,1-2H2,(H2,9,10);1H/b13-3-,21-4?;;. The van der Waals surface area contributed by atoms with Crippen LogP contribution in [0.15, 0.2) is 41.8 Å². The summed E-state index contributed by atoms with van der Waals surface area (Å²) in [6.45, 7) is 0. The van der Waals surface area contributed by atoms with E-state index < -0.39 is 12.1 Å². The molecule has 36 heavy (non-hydrogen) atoms. The summed E-state index contributed by atoms with van der Waals surface area (Å²) >= 11 is 1.45. The van der Waals surface area contributed by atoms with Crippen LogP contribution < -0.4 is 16.2 Å². The quantitative estimate of drug-likeness (QED) is 0.280. The summed E-state index contributed by atoms with van der Waals surface area (Å²) in [4.78, 5) is 27.8. The summed E-state index contributed by atoms with van der Waals surface area (Å²) in [5, 5.41) is 0.602. The zero-order valence-electron chi connectivity index (χ0n) is 19.6. The number of ether oxygens (including phenoxy) is 1. The number of thiazole rings is 1. The lowest BCUT2D eigenvalue weighted by atomic mass is 10.00. The third-order valence-corrected chi connectivity index (χ3v) is 5.63. The molecule has 3 aromatic heterocycles. The third kappa shape index (κ3) is 7.16. The number of anilines is 1. The molecule has 0 aliphatic heterocycles. The molecule has 8 nitrogen and oxygen atoms in total. The van der Waals surface area contributed by atoms with E-state index in [4.69, 9.17) is 16.2 Å². The Bertz CT molecular complexity index is 1350. The number of carbonyl (C=O) groups excluding carboxylic acids is 1. The molecule has 0 radical (unpaired) electrons. The monoisotopic (exact) mass is 512 g/mol. The Balaban J connectivity index is 0.000000333.